The van der Waals surface area contributed by atoms with Crippen molar-refractivity contribution in [2.45, 2.75) is 33.1 Å². The number of benzene rings is 1. The van der Waals surface area contributed by atoms with Gasteiger partial charge in [0.1, 0.15) is 16.8 Å². The van der Waals surface area contributed by atoms with Gasteiger partial charge < -0.3 is 5.32 Å². The molecule has 1 aromatic carbocycles. The van der Waals surface area contributed by atoms with Crippen LogP contribution in [0.1, 0.15) is 30.3 Å². The van der Waals surface area contributed by atoms with Crippen LogP contribution >= 0.6 is 11.6 Å². The summed E-state index contributed by atoms with van der Waals surface area (Å²) in [5.41, 5.74) is 2.62. The van der Waals surface area contributed by atoms with E-state index in [0.717, 1.165) is 37.4 Å². The van der Waals surface area contributed by atoms with Crippen LogP contribution in [0.2, 0.25) is 5.15 Å². The molecule has 3 nitrogen and oxygen atoms in total. The standard InChI is InChI=1S/C16H20ClN3/c1-3-5-15-19-14(17)11-16(20-15)18-9-8-13-7-4-6-12(2)10-13/h4,6-7,10-11H,3,5,8-9H2,1-2H3,(H,18,19,20). The smallest absolute Gasteiger partial charge is 0.134 e. The second kappa shape index (κ2) is 7.25. The van der Waals surface area contributed by atoms with E-state index in [-0.39, 0.29) is 0 Å². The molecule has 0 saturated carbocycles. The Labute approximate surface area is 125 Å². The third-order valence-corrected chi connectivity index (χ3v) is 3.21. The quantitative estimate of drug-likeness (QED) is 0.816. The van der Waals surface area contributed by atoms with Crippen LogP contribution < -0.4 is 5.32 Å². The van der Waals surface area contributed by atoms with Crippen LogP contribution in [-0.4, -0.2) is 16.5 Å². The highest BCUT2D eigenvalue weighted by Crippen LogP contribution is 2.13. The number of hydrogen-bond acceptors (Lipinski definition) is 3. The summed E-state index contributed by atoms with van der Waals surface area (Å²) in [5.74, 6) is 1.61. The van der Waals surface area contributed by atoms with E-state index < -0.39 is 0 Å². The van der Waals surface area contributed by atoms with Gasteiger partial charge in [0.15, 0.2) is 0 Å². The third-order valence-electron chi connectivity index (χ3n) is 3.02. The number of aryl methyl sites for hydroxylation is 2. The van der Waals surface area contributed by atoms with Crippen molar-refractivity contribution in [2.75, 3.05) is 11.9 Å². The van der Waals surface area contributed by atoms with Gasteiger partial charge in [-0.2, -0.15) is 0 Å². The number of nitrogens with one attached hydrogen (secondary N) is 1. The lowest BCUT2D eigenvalue weighted by Crippen LogP contribution is -2.08. The average molecular weight is 290 g/mol. The molecule has 2 rings (SSSR count). The maximum absolute atomic E-state index is 6.01. The highest BCUT2D eigenvalue weighted by Gasteiger charge is 2.02. The molecule has 4 heteroatoms. The second-order valence-electron chi connectivity index (χ2n) is 4.91. The Morgan fingerprint density at radius 2 is 2.00 bits per heavy atom. The fourth-order valence-electron chi connectivity index (χ4n) is 2.09. The van der Waals surface area contributed by atoms with Crippen molar-refractivity contribution in [3.63, 3.8) is 0 Å². The summed E-state index contributed by atoms with van der Waals surface area (Å²) < 4.78 is 0. The first-order valence-corrected chi connectivity index (χ1v) is 7.38. The van der Waals surface area contributed by atoms with Gasteiger partial charge in [0, 0.05) is 19.0 Å². The number of rotatable bonds is 6. The Balaban J connectivity index is 1.93. The molecular formula is C16H20ClN3. The lowest BCUT2D eigenvalue weighted by atomic mass is 10.1. The first kappa shape index (κ1) is 14.8. The first-order valence-electron chi connectivity index (χ1n) is 7.00. The van der Waals surface area contributed by atoms with Crippen LogP contribution in [0.5, 0.6) is 0 Å². The maximum Gasteiger partial charge on any atom is 0.134 e. The summed E-state index contributed by atoms with van der Waals surface area (Å²) in [6, 6.07) is 10.3. The van der Waals surface area contributed by atoms with E-state index >= 15 is 0 Å². The van der Waals surface area contributed by atoms with Gasteiger partial charge in [0.05, 0.1) is 0 Å². The Hall–Kier alpha value is -1.61. The summed E-state index contributed by atoms with van der Waals surface area (Å²) in [6.07, 6.45) is 2.84. The Morgan fingerprint density at radius 3 is 2.75 bits per heavy atom. The molecule has 1 aromatic heterocycles. The normalized spacial score (nSPS) is 10.6. The predicted octanol–water partition coefficient (Wildman–Crippen LogP) is 4.05. The molecule has 0 spiro atoms. The molecule has 0 unspecified atom stereocenters. The van der Waals surface area contributed by atoms with Gasteiger partial charge in [-0.05, 0) is 25.3 Å². The lowest BCUT2D eigenvalue weighted by molar-refractivity contribution is 0.833. The lowest BCUT2D eigenvalue weighted by Gasteiger charge is -2.08. The van der Waals surface area contributed by atoms with Gasteiger partial charge >= 0.3 is 0 Å². The minimum Gasteiger partial charge on any atom is -0.370 e. The molecule has 20 heavy (non-hydrogen) atoms. The zero-order valence-electron chi connectivity index (χ0n) is 12.0. The highest BCUT2D eigenvalue weighted by atomic mass is 35.5. The van der Waals surface area contributed by atoms with Crippen molar-refractivity contribution in [3.8, 4) is 0 Å². The van der Waals surface area contributed by atoms with E-state index in [1.165, 1.54) is 11.1 Å². The van der Waals surface area contributed by atoms with E-state index in [0.29, 0.717) is 5.15 Å². The largest absolute Gasteiger partial charge is 0.370 e. The Bertz CT molecular complexity index is 569. The molecular weight excluding hydrogens is 270 g/mol. The summed E-state index contributed by atoms with van der Waals surface area (Å²) in [6.45, 7) is 5.05. The summed E-state index contributed by atoms with van der Waals surface area (Å²) in [7, 11) is 0. The fourth-order valence-corrected chi connectivity index (χ4v) is 2.29. The van der Waals surface area contributed by atoms with Crippen LogP contribution in [0.4, 0.5) is 5.82 Å². The summed E-state index contributed by atoms with van der Waals surface area (Å²) >= 11 is 6.01. The number of nitrogens with zero attached hydrogens (tertiary/aromatic N) is 2. The molecule has 2 aromatic rings. The third kappa shape index (κ3) is 4.49. The highest BCUT2D eigenvalue weighted by molar-refractivity contribution is 6.29. The molecule has 0 saturated heterocycles. The molecule has 0 aliphatic carbocycles. The number of anilines is 1. The van der Waals surface area contributed by atoms with E-state index in [1.807, 2.05) is 0 Å². The molecule has 1 heterocycles. The predicted molar refractivity (Wildman–Crippen MR) is 84.4 cm³/mol. The molecule has 0 aliphatic heterocycles. The number of hydrogen-bond donors (Lipinski definition) is 1. The van der Waals surface area contributed by atoms with Gasteiger partial charge in [0.2, 0.25) is 0 Å². The minimum absolute atomic E-state index is 0.501. The SMILES string of the molecule is CCCc1nc(Cl)cc(NCCc2cccc(C)c2)n1. The van der Waals surface area contributed by atoms with Crippen molar-refractivity contribution < 1.29 is 0 Å². The molecule has 0 atom stereocenters. The second-order valence-corrected chi connectivity index (χ2v) is 5.30. The van der Waals surface area contributed by atoms with Crippen LogP contribution in [-0.2, 0) is 12.8 Å². The van der Waals surface area contributed by atoms with Gasteiger partial charge in [-0.25, -0.2) is 9.97 Å². The van der Waals surface area contributed by atoms with Crippen molar-refractivity contribution >= 4 is 17.4 Å². The number of aromatic nitrogens is 2. The van der Waals surface area contributed by atoms with E-state index in [9.17, 15) is 0 Å². The Morgan fingerprint density at radius 1 is 1.15 bits per heavy atom. The minimum atomic E-state index is 0.501. The van der Waals surface area contributed by atoms with Crippen molar-refractivity contribution in [1.29, 1.82) is 0 Å². The zero-order chi connectivity index (χ0) is 14.4. The summed E-state index contributed by atoms with van der Waals surface area (Å²) in [4.78, 5) is 8.68. The summed E-state index contributed by atoms with van der Waals surface area (Å²) in [5, 5.41) is 3.82. The molecule has 1 N–H and O–H groups in total. The van der Waals surface area contributed by atoms with Crippen LogP contribution in [0.25, 0.3) is 0 Å². The molecule has 0 bridgehead atoms. The maximum atomic E-state index is 6.01. The van der Waals surface area contributed by atoms with Crippen LogP contribution in [0.3, 0.4) is 0 Å². The van der Waals surface area contributed by atoms with E-state index in [4.69, 9.17) is 11.6 Å². The monoisotopic (exact) mass is 289 g/mol. The first-order chi connectivity index (χ1) is 9.67. The van der Waals surface area contributed by atoms with Crippen LogP contribution in [0.15, 0.2) is 30.3 Å². The molecule has 0 amide bonds. The topological polar surface area (TPSA) is 37.8 Å². The van der Waals surface area contributed by atoms with E-state index in [2.05, 4.69) is 53.4 Å². The molecule has 0 aliphatic rings. The van der Waals surface area contributed by atoms with E-state index in [1.54, 1.807) is 6.07 Å². The zero-order valence-corrected chi connectivity index (χ0v) is 12.7. The average Bonchev–Trinajstić information content (AvgIpc) is 2.38. The van der Waals surface area contributed by atoms with Crippen molar-refractivity contribution in [3.05, 3.63) is 52.4 Å². The molecule has 106 valence electrons. The molecule has 0 fully saturated rings. The van der Waals surface area contributed by atoms with Crippen LogP contribution in [0, 0.1) is 6.92 Å². The number of halogens is 1. The van der Waals surface area contributed by atoms with Crippen molar-refractivity contribution in [1.82, 2.24) is 9.97 Å². The van der Waals surface area contributed by atoms with Gasteiger partial charge in [-0.3, -0.25) is 0 Å². The van der Waals surface area contributed by atoms with Crippen molar-refractivity contribution in [2.24, 2.45) is 0 Å². The fraction of sp³-hybridized carbons (Fsp3) is 0.375. The van der Waals surface area contributed by atoms with Gasteiger partial charge in [-0.1, -0.05) is 48.4 Å². The Kier molecular flexibility index (Phi) is 5.36. The molecule has 0 radical (unpaired) electrons. The van der Waals surface area contributed by atoms with Gasteiger partial charge in [-0.15, -0.1) is 0 Å². The van der Waals surface area contributed by atoms with Gasteiger partial charge in [0.25, 0.3) is 0 Å².